The molecular weight excluding hydrogens is 256 g/mol. The smallest absolute Gasteiger partial charge is 0.204 e. The molecule has 0 aliphatic heterocycles. The first-order chi connectivity index (χ1) is 9.74. The molecule has 0 aliphatic rings. The summed E-state index contributed by atoms with van der Waals surface area (Å²) in [6, 6.07) is 2.06. The van der Waals surface area contributed by atoms with Crippen LogP contribution in [-0.4, -0.2) is 39.4 Å². The minimum atomic E-state index is 0.160. The van der Waals surface area contributed by atoms with Crippen molar-refractivity contribution >= 4 is 11.6 Å². The number of aromatic nitrogens is 4. The van der Waals surface area contributed by atoms with Gasteiger partial charge in [0.15, 0.2) is 11.6 Å². The van der Waals surface area contributed by atoms with Crippen molar-refractivity contribution in [3.8, 4) is 5.75 Å². The van der Waals surface area contributed by atoms with Crippen LogP contribution in [0.4, 0.5) is 11.6 Å². The van der Waals surface area contributed by atoms with E-state index >= 15 is 0 Å². The molecule has 0 aromatic carbocycles. The maximum Gasteiger partial charge on any atom is 0.204 e. The first-order valence-corrected chi connectivity index (χ1v) is 6.61. The third kappa shape index (κ3) is 3.37. The Morgan fingerprint density at radius 3 is 2.80 bits per heavy atom. The van der Waals surface area contributed by atoms with Crippen molar-refractivity contribution in [2.75, 3.05) is 24.3 Å². The average Bonchev–Trinajstić information content (AvgIpc) is 2.92. The van der Waals surface area contributed by atoms with Crippen LogP contribution in [0.1, 0.15) is 13.8 Å². The van der Waals surface area contributed by atoms with E-state index in [1.54, 1.807) is 13.3 Å². The van der Waals surface area contributed by atoms with Crippen LogP contribution in [0.5, 0.6) is 5.75 Å². The summed E-state index contributed by atoms with van der Waals surface area (Å²) in [5.74, 6) is 2.00. The Bertz CT molecular complexity index is 528. The third-order valence-electron chi connectivity index (χ3n) is 2.76. The molecule has 0 saturated carbocycles. The van der Waals surface area contributed by atoms with Gasteiger partial charge in [-0.15, -0.1) is 0 Å². The maximum atomic E-state index is 5.39. The lowest BCUT2D eigenvalue weighted by atomic mass is 10.3. The Balaban J connectivity index is 2.09. The molecule has 108 valence electrons. The summed E-state index contributed by atoms with van der Waals surface area (Å²) in [4.78, 5) is 8.42. The van der Waals surface area contributed by atoms with E-state index in [-0.39, 0.29) is 6.04 Å². The molecule has 2 rings (SSSR count). The molecule has 2 N–H and O–H groups in total. The molecule has 0 fully saturated rings. The van der Waals surface area contributed by atoms with Crippen LogP contribution in [0.25, 0.3) is 0 Å². The van der Waals surface area contributed by atoms with Crippen LogP contribution in [0.15, 0.2) is 24.8 Å². The van der Waals surface area contributed by atoms with Crippen molar-refractivity contribution in [1.29, 1.82) is 0 Å². The number of nitrogens with one attached hydrogen (secondary N) is 2. The monoisotopic (exact) mass is 276 g/mol. The van der Waals surface area contributed by atoms with Gasteiger partial charge in [0.2, 0.25) is 5.75 Å². The van der Waals surface area contributed by atoms with Gasteiger partial charge in [0.05, 0.1) is 13.7 Å². The lowest BCUT2D eigenvalue weighted by molar-refractivity contribution is 0.413. The number of hydrogen-bond acceptors (Lipinski definition) is 6. The SMILES string of the molecule is CCNc1ncnc(NC(C)Cn2cccn2)c1OC. The van der Waals surface area contributed by atoms with Crippen LogP contribution < -0.4 is 15.4 Å². The standard InChI is InChI=1S/C13H20N6O/c1-4-14-12-11(20-3)13(16-9-15-12)18-10(2)8-19-7-5-6-17-19/h5-7,9-10H,4,8H2,1-3H3,(H2,14,15,16,18). The van der Waals surface area contributed by atoms with Gasteiger partial charge >= 0.3 is 0 Å². The van der Waals surface area contributed by atoms with Crippen molar-refractivity contribution in [2.24, 2.45) is 0 Å². The molecule has 0 radical (unpaired) electrons. The van der Waals surface area contributed by atoms with Crippen LogP contribution in [0, 0.1) is 0 Å². The molecule has 1 atom stereocenters. The fourth-order valence-electron chi connectivity index (χ4n) is 1.93. The molecule has 0 bridgehead atoms. The van der Waals surface area contributed by atoms with Crippen molar-refractivity contribution in [3.05, 3.63) is 24.8 Å². The second-order valence-corrected chi connectivity index (χ2v) is 4.41. The zero-order valence-corrected chi connectivity index (χ0v) is 12.0. The number of nitrogens with zero attached hydrogens (tertiary/aromatic N) is 4. The van der Waals surface area contributed by atoms with E-state index in [0.717, 1.165) is 13.1 Å². The van der Waals surface area contributed by atoms with Crippen LogP contribution in [0.2, 0.25) is 0 Å². The predicted molar refractivity (Wildman–Crippen MR) is 78.1 cm³/mol. The van der Waals surface area contributed by atoms with Gasteiger partial charge in [-0.1, -0.05) is 0 Å². The van der Waals surface area contributed by atoms with Gasteiger partial charge in [-0.2, -0.15) is 5.10 Å². The first-order valence-electron chi connectivity index (χ1n) is 6.61. The Morgan fingerprint density at radius 1 is 1.35 bits per heavy atom. The molecule has 0 spiro atoms. The molecule has 2 heterocycles. The Labute approximate surface area is 118 Å². The van der Waals surface area contributed by atoms with Gasteiger partial charge < -0.3 is 15.4 Å². The summed E-state index contributed by atoms with van der Waals surface area (Å²) in [5, 5.41) is 10.7. The van der Waals surface area contributed by atoms with Crippen molar-refractivity contribution in [1.82, 2.24) is 19.7 Å². The highest BCUT2D eigenvalue weighted by molar-refractivity contribution is 5.63. The minimum Gasteiger partial charge on any atom is -0.490 e. The van der Waals surface area contributed by atoms with E-state index < -0.39 is 0 Å². The number of rotatable bonds is 7. The van der Waals surface area contributed by atoms with Gasteiger partial charge in [-0.25, -0.2) is 9.97 Å². The zero-order valence-electron chi connectivity index (χ0n) is 12.0. The summed E-state index contributed by atoms with van der Waals surface area (Å²) < 4.78 is 7.26. The van der Waals surface area contributed by atoms with Gasteiger partial charge in [0.25, 0.3) is 0 Å². The molecular formula is C13H20N6O. The molecule has 1 unspecified atom stereocenters. The van der Waals surface area contributed by atoms with Gasteiger partial charge in [-0.3, -0.25) is 4.68 Å². The van der Waals surface area contributed by atoms with Crippen molar-refractivity contribution in [2.45, 2.75) is 26.4 Å². The number of methoxy groups -OCH3 is 1. The fourth-order valence-corrected chi connectivity index (χ4v) is 1.93. The van der Waals surface area contributed by atoms with E-state index in [2.05, 4.69) is 32.6 Å². The van der Waals surface area contributed by atoms with Crippen LogP contribution >= 0.6 is 0 Å². The minimum absolute atomic E-state index is 0.160. The Kier molecular flexibility index (Phi) is 4.75. The van der Waals surface area contributed by atoms with E-state index in [0.29, 0.717) is 17.4 Å². The molecule has 20 heavy (non-hydrogen) atoms. The van der Waals surface area contributed by atoms with Gasteiger partial charge in [-0.05, 0) is 19.9 Å². The molecule has 0 aliphatic carbocycles. The number of ether oxygens (including phenoxy) is 1. The second kappa shape index (κ2) is 6.74. The van der Waals surface area contributed by atoms with E-state index in [1.165, 1.54) is 6.33 Å². The molecule has 7 heteroatoms. The molecule has 0 saturated heterocycles. The van der Waals surface area contributed by atoms with Crippen LogP contribution in [0.3, 0.4) is 0 Å². The highest BCUT2D eigenvalue weighted by Gasteiger charge is 2.13. The van der Waals surface area contributed by atoms with Gasteiger partial charge in [0, 0.05) is 25.0 Å². The fraction of sp³-hybridized carbons (Fsp3) is 0.462. The zero-order chi connectivity index (χ0) is 14.4. The second-order valence-electron chi connectivity index (χ2n) is 4.41. The predicted octanol–water partition coefficient (Wildman–Crippen LogP) is 1.61. The molecule has 2 aromatic rings. The van der Waals surface area contributed by atoms with E-state index in [4.69, 9.17) is 4.74 Å². The number of anilines is 2. The van der Waals surface area contributed by atoms with E-state index in [9.17, 15) is 0 Å². The van der Waals surface area contributed by atoms with E-state index in [1.807, 2.05) is 23.9 Å². The summed E-state index contributed by atoms with van der Waals surface area (Å²) >= 11 is 0. The topological polar surface area (TPSA) is 76.9 Å². The maximum absolute atomic E-state index is 5.39. The van der Waals surface area contributed by atoms with Crippen molar-refractivity contribution in [3.63, 3.8) is 0 Å². The first kappa shape index (κ1) is 14.1. The molecule has 2 aromatic heterocycles. The summed E-state index contributed by atoms with van der Waals surface area (Å²) in [6.45, 7) is 5.59. The highest BCUT2D eigenvalue weighted by atomic mass is 16.5. The molecule has 7 nitrogen and oxygen atoms in total. The summed E-state index contributed by atoms with van der Waals surface area (Å²) in [6.07, 6.45) is 5.21. The highest BCUT2D eigenvalue weighted by Crippen LogP contribution is 2.29. The third-order valence-corrected chi connectivity index (χ3v) is 2.76. The molecule has 0 amide bonds. The lowest BCUT2D eigenvalue weighted by Crippen LogP contribution is -2.23. The van der Waals surface area contributed by atoms with Gasteiger partial charge in [0.1, 0.15) is 6.33 Å². The summed E-state index contributed by atoms with van der Waals surface area (Å²) in [7, 11) is 1.61. The lowest BCUT2D eigenvalue weighted by Gasteiger charge is -2.18. The number of hydrogen-bond donors (Lipinski definition) is 2. The Hall–Kier alpha value is -2.31. The van der Waals surface area contributed by atoms with Crippen molar-refractivity contribution < 1.29 is 4.74 Å². The normalized spacial score (nSPS) is 11.9. The van der Waals surface area contributed by atoms with Crippen LogP contribution in [-0.2, 0) is 6.54 Å². The quantitative estimate of drug-likeness (QED) is 0.800. The largest absolute Gasteiger partial charge is 0.490 e. The Morgan fingerprint density at radius 2 is 2.15 bits per heavy atom. The summed E-state index contributed by atoms with van der Waals surface area (Å²) in [5.41, 5.74) is 0. The average molecular weight is 276 g/mol.